The van der Waals surface area contributed by atoms with Gasteiger partial charge in [0.2, 0.25) is 17.4 Å². The van der Waals surface area contributed by atoms with Crippen LogP contribution in [-0.4, -0.2) is 194 Å². The lowest BCUT2D eigenvalue weighted by Gasteiger charge is -2.36. The predicted molar refractivity (Wildman–Crippen MR) is 342 cm³/mol. The molecule has 19 nitrogen and oxygen atoms in total. The number of rotatable bonds is 31. The van der Waals surface area contributed by atoms with Crippen LogP contribution in [-0.2, 0) is 45.0 Å². The van der Waals surface area contributed by atoms with Crippen molar-refractivity contribution in [2.24, 2.45) is 0 Å². The molecule has 0 aliphatic carbocycles. The van der Waals surface area contributed by atoms with Crippen LogP contribution >= 0.6 is 0 Å². The van der Waals surface area contributed by atoms with E-state index >= 15 is 0 Å². The topological polar surface area (TPSA) is 195 Å². The highest BCUT2D eigenvalue weighted by molar-refractivity contribution is 6.08. The molecule has 0 radical (unpaired) electrons. The molecule has 0 saturated carbocycles. The van der Waals surface area contributed by atoms with Crippen molar-refractivity contribution in [3.05, 3.63) is 77.4 Å². The number of carbonyl (C=O) groups is 2. The summed E-state index contributed by atoms with van der Waals surface area (Å²) in [6.07, 6.45) is 10.8. The first-order valence-corrected chi connectivity index (χ1v) is 31.5. The molecule has 88 heavy (non-hydrogen) atoms. The van der Waals surface area contributed by atoms with Crippen molar-refractivity contribution >= 4 is 78.6 Å². The Morgan fingerprint density at radius 3 is 1.39 bits per heavy atom. The Hall–Kier alpha value is -6.76. The van der Waals surface area contributed by atoms with Gasteiger partial charge in [-0.15, -0.1) is 0 Å². The molecule has 3 aromatic carbocycles. The Morgan fingerprint density at radius 1 is 0.545 bits per heavy atom. The normalized spacial score (nSPS) is 14.4. The van der Waals surface area contributed by atoms with Gasteiger partial charge < -0.3 is 54.4 Å². The van der Waals surface area contributed by atoms with Crippen LogP contribution in [0.5, 0.6) is 5.75 Å². The second-order valence-electron chi connectivity index (χ2n) is 23.7. The molecule has 2 fully saturated rings. The van der Waals surface area contributed by atoms with Gasteiger partial charge in [0, 0.05) is 126 Å². The fraction of sp³-hybridized carbons (Fsp3) is 0.569. The van der Waals surface area contributed by atoms with Crippen LogP contribution in [0.4, 0.5) is 40.6 Å². The number of hydrogen-bond acceptors (Lipinski definition) is 17. The second-order valence-corrected chi connectivity index (χ2v) is 23.7. The zero-order valence-corrected chi connectivity index (χ0v) is 52.8. The SMILES string of the molecule is CCCCc1nc2c(N)nc3ccc(N4CCN(CCOCCC(=O)Oc5c(F)c(F)cc(F)c5F)CC4)cc3c2n1CCCCN(C)C.CCCCc1nc2c(N)nc3ccc(N4CCN(CCOCCC(C)=O)CC4)cc3c2n1CCCCN(C)C. The molecule has 4 aromatic heterocycles. The summed E-state index contributed by atoms with van der Waals surface area (Å²) in [6, 6.07) is 13.0. The van der Waals surface area contributed by atoms with Gasteiger partial charge in [-0.3, -0.25) is 19.4 Å². The number of piperazine rings is 2. The first kappa shape index (κ1) is 67.2. The highest BCUT2D eigenvalue weighted by Gasteiger charge is 2.26. The maximum Gasteiger partial charge on any atom is 0.313 e. The monoisotopic (exact) mass is 1220 g/mol. The number of ketones is 1. The van der Waals surface area contributed by atoms with E-state index in [2.05, 4.69) is 116 Å². The largest absolute Gasteiger partial charge is 0.420 e. The summed E-state index contributed by atoms with van der Waals surface area (Å²) in [5.74, 6) is -5.94. The maximum absolute atomic E-state index is 13.7. The van der Waals surface area contributed by atoms with Crippen LogP contribution in [0.3, 0.4) is 0 Å². The number of nitrogens with two attached hydrogens (primary N) is 2. The van der Waals surface area contributed by atoms with E-state index in [4.69, 9.17) is 40.9 Å². The minimum Gasteiger partial charge on any atom is -0.420 e. The van der Waals surface area contributed by atoms with Crippen LogP contribution in [0.2, 0.25) is 0 Å². The number of ether oxygens (including phenoxy) is 3. The molecule has 2 aliphatic heterocycles. The average molecular weight is 1230 g/mol. The Labute approximate surface area is 515 Å². The van der Waals surface area contributed by atoms with Crippen molar-refractivity contribution < 1.29 is 41.4 Å². The number of nitrogen functional groups attached to an aromatic ring is 2. The van der Waals surface area contributed by atoms with Crippen LogP contribution < -0.4 is 26.0 Å². The molecule has 0 bridgehead atoms. The van der Waals surface area contributed by atoms with Crippen LogP contribution in [0.1, 0.15) is 96.6 Å². The number of halogens is 4. The van der Waals surface area contributed by atoms with Gasteiger partial charge >= 0.3 is 5.97 Å². The summed E-state index contributed by atoms with van der Waals surface area (Å²) >= 11 is 0. The highest BCUT2D eigenvalue weighted by atomic mass is 19.2. The van der Waals surface area contributed by atoms with E-state index in [1.54, 1.807) is 6.92 Å². The van der Waals surface area contributed by atoms with E-state index in [1.165, 1.54) is 5.69 Å². The van der Waals surface area contributed by atoms with Crippen molar-refractivity contribution in [1.82, 2.24) is 48.7 Å². The molecule has 2 aliphatic rings. The minimum atomic E-state index is -1.76. The number of benzene rings is 3. The molecular formula is C65H92F4N14O5. The fourth-order valence-corrected chi connectivity index (χ4v) is 11.4. The standard InChI is InChI=1S/C35H45F4N7O3.C30H47N7O2/c1-4-5-8-28-42-32-33(46(28)13-7-6-12-43(2)3)24-21-23(9-10-27(24)41-35(32)40)45-16-14-44(15-17-45)18-20-48-19-11-29(47)49-34-30(38)25(36)22-26(37)31(34)39;1-5-6-9-27-33-28-29(37(27)14-8-7-13-34(3)4)25-22-24(10-11-26(25)32-30(28)31)36-17-15-35(16-18-36)19-21-39-20-12-23(2)38/h9-10,21-22H,4-8,11-20H2,1-3H3,(H2,40,41);10-11,22H,5-9,12-21H2,1-4H3,(H2,31,32). The molecule has 0 atom stereocenters. The molecule has 23 heteroatoms. The fourth-order valence-electron chi connectivity index (χ4n) is 11.4. The molecule has 0 amide bonds. The van der Waals surface area contributed by atoms with E-state index in [9.17, 15) is 27.2 Å². The third-order valence-electron chi connectivity index (χ3n) is 16.4. The van der Waals surface area contributed by atoms with Crippen molar-refractivity contribution in [1.29, 1.82) is 0 Å². The summed E-state index contributed by atoms with van der Waals surface area (Å²) in [5, 5.41) is 2.19. The highest BCUT2D eigenvalue weighted by Crippen LogP contribution is 2.35. The molecule has 2 saturated heterocycles. The van der Waals surface area contributed by atoms with Gasteiger partial charge in [-0.1, -0.05) is 26.7 Å². The Morgan fingerprint density at radius 2 is 0.977 bits per heavy atom. The van der Waals surface area contributed by atoms with E-state index < -0.39 is 35.0 Å². The van der Waals surface area contributed by atoms with E-state index in [1.807, 2.05) is 6.07 Å². The lowest BCUT2D eigenvalue weighted by Crippen LogP contribution is -2.47. The van der Waals surface area contributed by atoms with Gasteiger partial charge in [-0.2, -0.15) is 8.78 Å². The minimum absolute atomic E-state index is 0.0496. The summed E-state index contributed by atoms with van der Waals surface area (Å²) < 4.78 is 74.7. The van der Waals surface area contributed by atoms with Crippen molar-refractivity contribution in [2.45, 2.75) is 111 Å². The van der Waals surface area contributed by atoms with Gasteiger partial charge in [0.25, 0.3) is 0 Å². The summed E-state index contributed by atoms with van der Waals surface area (Å²) in [4.78, 5) is 56.5. The lowest BCUT2D eigenvalue weighted by molar-refractivity contribution is -0.136. The van der Waals surface area contributed by atoms with Gasteiger partial charge in [0.15, 0.2) is 23.3 Å². The maximum atomic E-state index is 13.7. The molecule has 4 N–H and O–H groups in total. The molecule has 6 heterocycles. The number of fused-ring (bicyclic) bond motifs is 6. The number of pyridine rings is 2. The number of aromatic nitrogens is 6. The van der Waals surface area contributed by atoms with Crippen LogP contribution in [0.15, 0.2) is 42.5 Å². The number of nitrogens with zero attached hydrogens (tertiary/aromatic N) is 12. The summed E-state index contributed by atoms with van der Waals surface area (Å²) in [7, 11) is 8.45. The first-order chi connectivity index (χ1) is 42.4. The zero-order chi connectivity index (χ0) is 62.9. The zero-order valence-electron chi connectivity index (χ0n) is 52.8. The lowest BCUT2D eigenvalue weighted by atomic mass is 10.1. The number of aryl methyl sites for hydroxylation is 4. The number of carbonyl (C=O) groups excluding carboxylic acids is 2. The molecule has 7 aromatic rings. The molecular weight excluding hydrogens is 1130 g/mol. The number of unbranched alkanes of at least 4 members (excludes halogenated alkanes) is 4. The van der Waals surface area contributed by atoms with Gasteiger partial charge in [0.1, 0.15) is 28.5 Å². The Balaban J connectivity index is 0.000000234. The number of anilines is 4. The summed E-state index contributed by atoms with van der Waals surface area (Å²) in [6.45, 7) is 20.0. The molecule has 480 valence electrons. The average Bonchev–Trinajstić information content (AvgIpc) is 2.06. The van der Waals surface area contributed by atoms with Crippen molar-refractivity contribution in [2.75, 3.05) is 154 Å². The predicted octanol–water partition coefficient (Wildman–Crippen LogP) is 9.51. The molecule has 9 rings (SSSR count). The van der Waals surface area contributed by atoms with Gasteiger partial charge in [-0.25, -0.2) is 28.7 Å². The smallest absolute Gasteiger partial charge is 0.313 e. The van der Waals surface area contributed by atoms with E-state index in [0.29, 0.717) is 44.4 Å². The number of esters is 1. The number of imidazole rings is 2. The first-order valence-electron chi connectivity index (χ1n) is 31.5. The summed E-state index contributed by atoms with van der Waals surface area (Å²) in [5.41, 5.74) is 20.8. The number of hydrogen-bond donors (Lipinski definition) is 2. The van der Waals surface area contributed by atoms with Crippen molar-refractivity contribution in [3.8, 4) is 5.75 Å². The van der Waals surface area contributed by atoms with E-state index in [-0.39, 0.29) is 24.9 Å². The third-order valence-corrected chi connectivity index (χ3v) is 16.4. The third kappa shape index (κ3) is 17.8. The van der Waals surface area contributed by atoms with Crippen molar-refractivity contribution in [3.63, 3.8) is 0 Å². The van der Waals surface area contributed by atoms with E-state index in [0.717, 1.165) is 210 Å². The quantitative estimate of drug-likeness (QED) is 0.0137. The molecule has 0 spiro atoms. The Bertz CT molecular complexity index is 3410. The molecule has 0 unspecified atom stereocenters. The van der Waals surface area contributed by atoms with Gasteiger partial charge in [-0.05, 0) is 123 Å². The second kappa shape index (κ2) is 32.6. The van der Waals surface area contributed by atoms with Crippen LogP contribution in [0, 0.1) is 23.3 Å². The Kier molecular flexibility index (Phi) is 24.9. The van der Waals surface area contributed by atoms with Crippen LogP contribution in [0.25, 0.3) is 43.9 Å². The van der Waals surface area contributed by atoms with Gasteiger partial charge in [0.05, 0.1) is 54.9 Å². The number of Topliss-reactive ketones (excluding diaryl/α,β-unsaturated/α-hetero) is 1.